The number of aliphatic hydroxyl groups excluding tert-OH is 1. The van der Waals surface area contributed by atoms with Crippen molar-refractivity contribution in [2.24, 2.45) is 5.41 Å². The monoisotopic (exact) mass is 368 g/mol. The van der Waals surface area contributed by atoms with E-state index in [9.17, 15) is 5.11 Å². The first-order chi connectivity index (χ1) is 13.0. The number of anilines is 3. The van der Waals surface area contributed by atoms with Crippen LogP contribution in [-0.4, -0.2) is 43.6 Å². The first kappa shape index (κ1) is 18.1. The van der Waals surface area contributed by atoms with Crippen LogP contribution in [0.3, 0.4) is 0 Å². The van der Waals surface area contributed by atoms with Crippen LogP contribution < -0.4 is 11.1 Å². The first-order valence-electron chi connectivity index (χ1n) is 9.74. The first-order valence-corrected chi connectivity index (χ1v) is 9.74. The summed E-state index contributed by atoms with van der Waals surface area (Å²) in [6, 6.07) is 8.94. The lowest BCUT2D eigenvalue weighted by molar-refractivity contribution is 0.0708. The summed E-state index contributed by atoms with van der Waals surface area (Å²) in [4.78, 5) is 15.7. The third kappa shape index (κ3) is 3.37. The van der Waals surface area contributed by atoms with Crippen molar-refractivity contribution < 1.29 is 5.11 Å². The molecule has 4 rings (SSSR count). The fraction of sp³-hybridized carbons (Fsp3) is 0.550. The molecule has 2 aromatic rings. The molecule has 7 nitrogen and oxygen atoms in total. The number of hydrogen-bond donors (Lipinski definition) is 3. The quantitative estimate of drug-likeness (QED) is 0.720. The predicted molar refractivity (Wildman–Crippen MR) is 105 cm³/mol. The van der Waals surface area contributed by atoms with Gasteiger partial charge in [-0.05, 0) is 50.3 Å². The summed E-state index contributed by atoms with van der Waals surface area (Å²) in [6.45, 7) is 5.12. The van der Waals surface area contributed by atoms with Crippen LogP contribution in [0.1, 0.15) is 44.0 Å². The summed E-state index contributed by atoms with van der Waals surface area (Å²) in [7, 11) is 0. The van der Waals surface area contributed by atoms with Crippen molar-refractivity contribution in [2.75, 3.05) is 17.7 Å². The van der Waals surface area contributed by atoms with E-state index in [1.165, 1.54) is 6.42 Å². The SMILES string of the molecule is CC[C@]1(CO)C[C@H]2CC[C@@H]1N2Cc1nc(N)nc(Nc2cccc(C)c2)n1. The Morgan fingerprint density at radius 1 is 1.30 bits per heavy atom. The number of nitrogens with one attached hydrogen (secondary N) is 1. The number of aliphatic hydroxyl groups is 1. The molecule has 4 N–H and O–H groups in total. The molecule has 144 valence electrons. The molecule has 2 aliphatic rings. The van der Waals surface area contributed by atoms with Gasteiger partial charge >= 0.3 is 0 Å². The van der Waals surface area contributed by atoms with Crippen molar-refractivity contribution in [3.05, 3.63) is 35.7 Å². The summed E-state index contributed by atoms with van der Waals surface area (Å²) >= 11 is 0. The van der Waals surface area contributed by atoms with Gasteiger partial charge in [0.05, 0.1) is 13.2 Å². The lowest BCUT2D eigenvalue weighted by atomic mass is 9.72. The van der Waals surface area contributed by atoms with Crippen LogP contribution in [0, 0.1) is 12.3 Å². The van der Waals surface area contributed by atoms with Gasteiger partial charge < -0.3 is 16.2 Å². The van der Waals surface area contributed by atoms with Crippen molar-refractivity contribution in [2.45, 2.75) is 58.2 Å². The standard InChI is InChI=1S/C20H28N6O/c1-3-20(12-27)10-15-7-8-16(20)26(15)11-17-23-18(21)25-19(24-17)22-14-6-4-5-13(2)9-14/h4-6,9,15-16,27H,3,7-8,10-12H2,1-2H3,(H3,21,22,23,24,25)/t15-,16+,20-/m1/s1. The number of nitrogens with zero attached hydrogens (tertiary/aromatic N) is 4. The van der Waals surface area contributed by atoms with E-state index in [4.69, 9.17) is 5.73 Å². The third-order valence-corrected chi connectivity index (χ3v) is 6.31. The van der Waals surface area contributed by atoms with Crippen molar-refractivity contribution in [1.29, 1.82) is 0 Å². The molecule has 3 atom stereocenters. The number of fused-ring (bicyclic) bond motifs is 2. The van der Waals surface area contributed by atoms with Gasteiger partial charge in [-0.25, -0.2) is 0 Å². The zero-order chi connectivity index (χ0) is 19.0. The van der Waals surface area contributed by atoms with Gasteiger partial charge in [-0.3, -0.25) is 4.90 Å². The van der Waals surface area contributed by atoms with E-state index >= 15 is 0 Å². The minimum absolute atomic E-state index is 0.0180. The normalized spacial score (nSPS) is 27.2. The lowest BCUT2D eigenvalue weighted by Crippen LogP contribution is -2.39. The number of nitrogen functional groups attached to an aromatic ring is 1. The molecule has 3 heterocycles. The van der Waals surface area contributed by atoms with E-state index in [0.717, 1.165) is 30.5 Å². The summed E-state index contributed by atoms with van der Waals surface area (Å²) in [6.07, 6.45) is 4.37. The van der Waals surface area contributed by atoms with E-state index in [0.29, 0.717) is 30.4 Å². The minimum Gasteiger partial charge on any atom is -0.396 e. The maximum atomic E-state index is 10.00. The molecule has 2 fully saturated rings. The zero-order valence-corrected chi connectivity index (χ0v) is 16.0. The second-order valence-electron chi connectivity index (χ2n) is 7.93. The molecule has 0 unspecified atom stereocenters. The van der Waals surface area contributed by atoms with Crippen molar-refractivity contribution in [3.8, 4) is 0 Å². The van der Waals surface area contributed by atoms with Gasteiger partial charge in [0.2, 0.25) is 11.9 Å². The molecule has 1 aromatic heterocycles. The Morgan fingerprint density at radius 2 is 2.15 bits per heavy atom. The topological polar surface area (TPSA) is 100 Å². The number of nitrogens with two attached hydrogens (primary N) is 1. The summed E-state index contributed by atoms with van der Waals surface area (Å²) < 4.78 is 0. The Hall–Kier alpha value is -2.25. The van der Waals surface area contributed by atoms with Gasteiger partial charge in [0, 0.05) is 23.2 Å². The van der Waals surface area contributed by atoms with Gasteiger partial charge in [0.25, 0.3) is 0 Å². The van der Waals surface area contributed by atoms with Crippen molar-refractivity contribution >= 4 is 17.6 Å². The molecular weight excluding hydrogens is 340 g/mol. The van der Waals surface area contributed by atoms with Gasteiger partial charge in [0.1, 0.15) is 5.82 Å². The number of benzene rings is 1. The van der Waals surface area contributed by atoms with Gasteiger partial charge in [-0.15, -0.1) is 0 Å². The van der Waals surface area contributed by atoms with Crippen LogP contribution in [0.5, 0.6) is 0 Å². The summed E-state index contributed by atoms with van der Waals surface area (Å²) in [5, 5.41) is 13.2. The number of rotatable bonds is 6. The highest BCUT2D eigenvalue weighted by molar-refractivity contribution is 5.54. The molecule has 27 heavy (non-hydrogen) atoms. The molecule has 0 saturated carbocycles. The molecule has 1 aromatic carbocycles. The minimum atomic E-state index is 0.0180. The fourth-order valence-corrected chi connectivity index (χ4v) is 4.90. The molecule has 2 bridgehead atoms. The Kier molecular flexibility index (Phi) is 4.74. The smallest absolute Gasteiger partial charge is 0.232 e. The molecular formula is C20H28N6O. The average molecular weight is 368 g/mol. The Bertz CT molecular complexity index is 822. The van der Waals surface area contributed by atoms with E-state index in [-0.39, 0.29) is 18.0 Å². The number of aryl methyl sites for hydroxylation is 1. The van der Waals surface area contributed by atoms with Crippen LogP contribution >= 0.6 is 0 Å². The highest BCUT2D eigenvalue weighted by Gasteiger charge is 2.54. The Morgan fingerprint density at radius 3 is 2.85 bits per heavy atom. The number of aromatic nitrogens is 3. The molecule has 0 radical (unpaired) electrons. The molecule has 0 aliphatic carbocycles. The highest BCUT2D eigenvalue weighted by atomic mass is 16.3. The van der Waals surface area contributed by atoms with Crippen LogP contribution in [0.4, 0.5) is 17.6 Å². The third-order valence-electron chi connectivity index (χ3n) is 6.31. The van der Waals surface area contributed by atoms with E-state index in [1.54, 1.807) is 0 Å². The van der Waals surface area contributed by atoms with Gasteiger partial charge in [-0.2, -0.15) is 15.0 Å². The molecule has 0 spiro atoms. The maximum Gasteiger partial charge on any atom is 0.232 e. The molecule has 2 saturated heterocycles. The van der Waals surface area contributed by atoms with Gasteiger partial charge in [-0.1, -0.05) is 19.1 Å². The van der Waals surface area contributed by atoms with E-state index in [2.05, 4.69) is 32.1 Å². The summed E-state index contributed by atoms with van der Waals surface area (Å²) in [5.41, 5.74) is 8.06. The lowest BCUT2D eigenvalue weighted by Gasteiger charge is -2.35. The fourth-order valence-electron chi connectivity index (χ4n) is 4.90. The predicted octanol–water partition coefficient (Wildman–Crippen LogP) is 2.63. The second-order valence-corrected chi connectivity index (χ2v) is 7.93. The Labute approximate surface area is 160 Å². The molecule has 0 amide bonds. The van der Waals surface area contributed by atoms with Crippen LogP contribution in [0.15, 0.2) is 24.3 Å². The summed E-state index contributed by atoms with van der Waals surface area (Å²) in [5.74, 6) is 1.38. The average Bonchev–Trinajstić information content (AvgIpc) is 3.16. The van der Waals surface area contributed by atoms with E-state index in [1.807, 2.05) is 31.2 Å². The Balaban J connectivity index is 1.54. The van der Waals surface area contributed by atoms with Crippen molar-refractivity contribution in [3.63, 3.8) is 0 Å². The van der Waals surface area contributed by atoms with Crippen molar-refractivity contribution in [1.82, 2.24) is 19.9 Å². The van der Waals surface area contributed by atoms with Gasteiger partial charge in [0.15, 0.2) is 0 Å². The molecule has 2 aliphatic heterocycles. The molecule has 7 heteroatoms. The number of hydrogen-bond acceptors (Lipinski definition) is 7. The van der Waals surface area contributed by atoms with E-state index < -0.39 is 0 Å². The highest BCUT2D eigenvalue weighted by Crippen LogP contribution is 2.51. The zero-order valence-electron chi connectivity index (χ0n) is 16.0. The van der Waals surface area contributed by atoms with Crippen LogP contribution in [-0.2, 0) is 6.54 Å². The maximum absolute atomic E-state index is 10.00. The second kappa shape index (κ2) is 7.05. The largest absolute Gasteiger partial charge is 0.396 e. The van der Waals surface area contributed by atoms with Crippen LogP contribution in [0.25, 0.3) is 0 Å². The van der Waals surface area contributed by atoms with Crippen LogP contribution in [0.2, 0.25) is 0 Å².